The number of para-hydroxylation sites is 1. The van der Waals surface area contributed by atoms with Gasteiger partial charge in [-0.15, -0.1) is 0 Å². The smallest absolute Gasteiger partial charge is 0.294 e. The van der Waals surface area contributed by atoms with Gasteiger partial charge in [-0.05, 0) is 55.9 Å². The molecule has 0 bridgehead atoms. The molecule has 0 aliphatic carbocycles. The first-order chi connectivity index (χ1) is 16.0. The minimum absolute atomic E-state index is 0.178. The Bertz CT molecular complexity index is 1220. The molecule has 3 aromatic rings. The van der Waals surface area contributed by atoms with Gasteiger partial charge in [-0.3, -0.25) is 14.2 Å². The summed E-state index contributed by atoms with van der Waals surface area (Å²) in [6.07, 6.45) is 5.66. The molecule has 0 saturated carbocycles. The monoisotopic (exact) mass is 446 g/mol. The molecular weight excluding hydrogens is 416 g/mol. The fourth-order valence-corrected chi connectivity index (χ4v) is 4.31. The normalized spacial score (nSPS) is 15.4. The van der Waals surface area contributed by atoms with Crippen LogP contribution < -0.4 is 21.9 Å². The number of hydrogen-bond acceptors (Lipinski definition) is 6. The predicted molar refractivity (Wildman–Crippen MR) is 129 cm³/mol. The molecule has 0 unspecified atom stereocenters. The van der Waals surface area contributed by atoms with E-state index in [1.54, 1.807) is 16.8 Å². The number of fused-ring (bicyclic) bond motifs is 1. The van der Waals surface area contributed by atoms with Crippen molar-refractivity contribution in [2.24, 2.45) is 0 Å². The number of aryl methyl sites for hydroxylation is 3. The first kappa shape index (κ1) is 22.5. The van der Waals surface area contributed by atoms with Crippen molar-refractivity contribution in [3.63, 3.8) is 0 Å². The molecule has 33 heavy (non-hydrogen) atoms. The maximum Gasteiger partial charge on any atom is 0.294 e. The molecule has 8 heteroatoms. The average molecular weight is 447 g/mol. The number of hydrogen-bond donors (Lipinski definition) is 3. The molecular formula is C25H30N6O2. The van der Waals surface area contributed by atoms with E-state index in [1.165, 1.54) is 0 Å². The van der Waals surface area contributed by atoms with Crippen molar-refractivity contribution in [1.82, 2.24) is 19.9 Å². The Kier molecular flexibility index (Phi) is 6.72. The molecule has 1 amide bonds. The molecule has 0 fully saturated rings. The number of nitrogens with two attached hydrogens (primary N) is 1. The first-order valence-corrected chi connectivity index (χ1v) is 11.4. The molecule has 2 aromatic heterocycles. The van der Waals surface area contributed by atoms with Crippen LogP contribution >= 0.6 is 0 Å². The van der Waals surface area contributed by atoms with Crippen molar-refractivity contribution in [2.75, 3.05) is 11.1 Å². The quantitative estimate of drug-likeness (QED) is 0.534. The van der Waals surface area contributed by atoms with Gasteiger partial charge in [0.2, 0.25) is 5.91 Å². The standard InChI is InChI=1S/C25H30N6O2/c1-3-17-8-4-6-10-20(17)30-23-25(33)31-19(15-27-23)9-5-7-11-21(31)24(32)28-14-18-12-13-22(26)29-16(18)2/h4,6,8,10,12-13,15,21H,3,5,7,9,11,14H2,1-2H3,(H2,26,29)(H,27,30)(H,28,32)/t21-/m0/s1. The van der Waals surface area contributed by atoms with E-state index in [1.807, 2.05) is 37.3 Å². The summed E-state index contributed by atoms with van der Waals surface area (Å²) in [6.45, 7) is 4.26. The highest BCUT2D eigenvalue weighted by Crippen LogP contribution is 2.24. The highest BCUT2D eigenvalue weighted by molar-refractivity contribution is 5.80. The summed E-state index contributed by atoms with van der Waals surface area (Å²) < 4.78 is 1.63. The van der Waals surface area contributed by atoms with E-state index in [4.69, 9.17) is 5.73 Å². The largest absolute Gasteiger partial charge is 0.384 e. The molecule has 1 aliphatic heterocycles. The summed E-state index contributed by atoms with van der Waals surface area (Å²) in [5.41, 5.74) is 9.87. The van der Waals surface area contributed by atoms with E-state index >= 15 is 0 Å². The number of nitrogens with zero attached hydrogens (tertiary/aromatic N) is 3. The van der Waals surface area contributed by atoms with Gasteiger partial charge in [0.05, 0.1) is 0 Å². The van der Waals surface area contributed by atoms with Crippen LogP contribution in [0.15, 0.2) is 47.4 Å². The van der Waals surface area contributed by atoms with Crippen LogP contribution in [-0.2, 0) is 24.2 Å². The number of carbonyl (C=O) groups excluding carboxylic acids is 1. The minimum atomic E-state index is -0.581. The summed E-state index contributed by atoms with van der Waals surface area (Å²) in [5, 5.41) is 6.19. The number of carbonyl (C=O) groups is 1. The van der Waals surface area contributed by atoms with Crippen LogP contribution in [0, 0.1) is 6.92 Å². The molecule has 4 rings (SSSR count). The topological polar surface area (TPSA) is 115 Å². The van der Waals surface area contributed by atoms with Gasteiger partial charge in [-0.25, -0.2) is 9.97 Å². The third-order valence-electron chi connectivity index (χ3n) is 6.17. The Morgan fingerprint density at radius 1 is 1.18 bits per heavy atom. The third-order valence-corrected chi connectivity index (χ3v) is 6.17. The summed E-state index contributed by atoms with van der Waals surface area (Å²) in [6, 6.07) is 10.9. The van der Waals surface area contributed by atoms with Gasteiger partial charge in [0, 0.05) is 29.8 Å². The SMILES string of the molecule is CCc1ccccc1Nc1ncc2n(c1=O)[C@H](C(=O)NCc1ccc(N)nc1C)CCCC2. The maximum absolute atomic E-state index is 13.5. The maximum atomic E-state index is 13.5. The van der Waals surface area contributed by atoms with E-state index < -0.39 is 6.04 Å². The number of amides is 1. The first-order valence-electron chi connectivity index (χ1n) is 11.4. The second kappa shape index (κ2) is 9.85. The zero-order chi connectivity index (χ0) is 23.4. The van der Waals surface area contributed by atoms with E-state index in [0.29, 0.717) is 18.8 Å². The lowest BCUT2D eigenvalue weighted by Crippen LogP contribution is -2.38. The molecule has 1 atom stereocenters. The van der Waals surface area contributed by atoms with Crippen LogP contribution in [0.25, 0.3) is 0 Å². The van der Waals surface area contributed by atoms with Crippen molar-refractivity contribution >= 4 is 23.2 Å². The molecule has 172 valence electrons. The lowest BCUT2D eigenvalue weighted by molar-refractivity contribution is -0.124. The molecule has 4 N–H and O–H groups in total. The predicted octanol–water partition coefficient (Wildman–Crippen LogP) is 3.42. The fraction of sp³-hybridized carbons (Fsp3) is 0.360. The van der Waals surface area contributed by atoms with Gasteiger partial charge in [-0.1, -0.05) is 37.6 Å². The molecule has 0 spiro atoms. The van der Waals surface area contributed by atoms with Crippen LogP contribution in [0.2, 0.25) is 0 Å². The molecule has 0 saturated heterocycles. The zero-order valence-corrected chi connectivity index (χ0v) is 19.1. The van der Waals surface area contributed by atoms with Crippen LogP contribution in [-0.4, -0.2) is 20.4 Å². The van der Waals surface area contributed by atoms with Crippen LogP contribution in [0.1, 0.15) is 54.7 Å². The van der Waals surface area contributed by atoms with Gasteiger partial charge in [-0.2, -0.15) is 0 Å². The number of nitrogen functional groups attached to an aromatic ring is 1. The molecule has 3 heterocycles. The van der Waals surface area contributed by atoms with Gasteiger partial charge in [0.15, 0.2) is 5.82 Å². The lowest BCUT2D eigenvalue weighted by atomic mass is 10.1. The Hall–Kier alpha value is -3.68. The van der Waals surface area contributed by atoms with Gasteiger partial charge in [0.25, 0.3) is 5.56 Å². The van der Waals surface area contributed by atoms with Crippen LogP contribution in [0.3, 0.4) is 0 Å². The Morgan fingerprint density at radius 2 is 2.00 bits per heavy atom. The number of aromatic nitrogens is 3. The van der Waals surface area contributed by atoms with E-state index in [2.05, 4.69) is 27.5 Å². The third kappa shape index (κ3) is 4.89. The summed E-state index contributed by atoms with van der Waals surface area (Å²) in [4.78, 5) is 35.4. The Morgan fingerprint density at radius 3 is 2.79 bits per heavy atom. The molecule has 8 nitrogen and oxygen atoms in total. The van der Waals surface area contributed by atoms with Crippen molar-refractivity contribution < 1.29 is 4.79 Å². The molecule has 1 aromatic carbocycles. The van der Waals surface area contributed by atoms with E-state index in [9.17, 15) is 9.59 Å². The second-order valence-corrected chi connectivity index (χ2v) is 8.37. The van der Waals surface area contributed by atoms with E-state index in [0.717, 1.165) is 53.9 Å². The van der Waals surface area contributed by atoms with Gasteiger partial charge in [0.1, 0.15) is 11.9 Å². The number of nitrogens with one attached hydrogen (secondary N) is 2. The lowest BCUT2D eigenvalue weighted by Gasteiger charge is -2.21. The van der Waals surface area contributed by atoms with Crippen molar-refractivity contribution in [1.29, 1.82) is 0 Å². The number of rotatable bonds is 6. The highest BCUT2D eigenvalue weighted by atomic mass is 16.2. The number of anilines is 3. The van der Waals surface area contributed by atoms with Crippen LogP contribution in [0.4, 0.5) is 17.3 Å². The summed E-state index contributed by atoms with van der Waals surface area (Å²) in [7, 11) is 0. The fourth-order valence-electron chi connectivity index (χ4n) is 4.31. The Balaban J connectivity index is 1.61. The highest BCUT2D eigenvalue weighted by Gasteiger charge is 2.27. The minimum Gasteiger partial charge on any atom is -0.384 e. The van der Waals surface area contributed by atoms with Crippen molar-refractivity contribution in [3.05, 3.63) is 75.5 Å². The average Bonchev–Trinajstić information content (AvgIpc) is 3.03. The zero-order valence-electron chi connectivity index (χ0n) is 19.1. The van der Waals surface area contributed by atoms with Gasteiger partial charge < -0.3 is 16.4 Å². The van der Waals surface area contributed by atoms with Crippen molar-refractivity contribution in [3.8, 4) is 0 Å². The molecule has 0 radical (unpaired) electrons. The number of pyridine rings is 1. The Labute approximate surface area is 193 Å². The summed E-state index contributed by atoms with van der Waals surface area (Å²) >= 11 is 0. The summed E-state index contributed by atoms with van der Waals surface area (Å²) in [5.74, 6) is 0.504. The van der Waals surface area contributed by atoms with Crippen LogP contribution in [0.5, 0.6) is 0 Å². The number of benzene rings is 1. The van der Waals surface area contributed by atoms with Gasteiger partial charge >= 0.3 is 0 Å². The van der Waals surface area contributed by atoms with Crippen molar-refractivity contribution in [2.45, 2.75) is 58.5 Å². The molecule has 1 aliphatic rings. The second-order valence-electron chi connectivity index (χ2n) is 8.37. The van der Waals surface area contributed by atoms with E-state index in [-0.39, 0.29) is 17.3 Å².